The summed E-state index contributed by atoms with van der Waals surface area (Å²) in [6.07, 6.45) is 0. The molecule has 0 radical (unpaired) electrons. The largest absolute Gasteiger partial charge is 0.338 e. The van der Waals surface area contributed by atoms with Crippen LogP contribution >= 0.6 is 23.4 Å². The summed E-state index contributed by atoms with van der Waals surface area (Å²) in [5.41, 5.74) is 0.748. The normalized spacial score (nSPS) is 11.0. The summed E-state index contributed by atoms with van der Waals surface area (Å²) in [6.45, 7) is 2.69. The third-order valence-corrected chi connectivity index (χ3v) is 3.98. The first-order valence-corrected chi connectivity index (χ1v) is 7.60. The lowest BCUT2D eigenvalue weighted by atomic mass is 10.2. The molecule has 3 aromatic rings. The molecule has 2 aromatic heterocycles. The van der Waals surface area contributed by atoms with Crippen molar-refractivity contribution < 1.29 is 4.52 Å². The van der Waals surface area contributed by atoms with E-state index in [2.05, 4.69) is 25.7 Å². The molecular formula is C12H11ClN6OS. The molecular weight excluding hydrogens is 312 g/mol. The van der Waals surface area contributed by atoms with E-state index in [1.165, 1.54) is 11.8 Å². The van der Waals surface area contributed by atoms with Gasteiger partial charge in [0.05, 0.1) is 10.8 Å². The minimum absolute atomic E-state index is 0.478. The maximum absolute atomic E-state index is 6.11. The monoisotopic (exact) mass is 322 g/mol. The van der Waals surface area contributed by atoms with Crippen LogP contribution in [0.1, 0.15) is 12.8 Å². The lowest BCUT2D eigenvalue weighted by molar-refractivity contribution is 0.391. The second-order valence-corrected chi connectivity index (χ2v) is 5.41. The van der Waals surface area contributed by atoms with E-state index in [0.29, 0.717) is 29.0 Å². The van der Waals surface area contributed by atoms with Crippen molar-refractivity contribution in [2.75, 3.05) is 0 Å². The van der Waals surface area contributed by atoms with Crippen molar-refractivity contribution >= 4 is 23.4 Å². The van der Waals surface area contributed by atoms with Gasteiger partial charge < -0.3 is 4.52 Å². The molecule has 9 heteroatoms. The first-order chi connectivity index (χ1) is 10.3. The van der Waals surface area contributed by atoms with Gasteiger partial charge in [0.2, 0.25) is 16.9 Å². The predicted octanol–water partition coefficient (Wildman–Crippen LogP) is 2.69. The molecule has 0 unspecified atom stereocenters. The van der Waals surface area contributed by atoms with Gasteiger partial charge in [-0.2, -0.15) is 4.98 Å². The van der Waals surface area contributed by atoms with E-state index in [9.17, 15) is 0 Å². The molecule has 0 bridgehead atoms. The first kappa shape index (κ1) is 14.0. The van der Waals surface area contributed by atoms with Gasteiger partial charge in [0.1, 0.15) is 0 Å². The van der Waals surface area contributed by atoms with Gasteiger partial charge in [0, 0.05) is 12.1 Å². The van der Waals surface area contributed by atoms with Crippen molar-refractivity contribution in [1.29, 1.82) is 0 Å². The topological polar surface area (TPSA) is 82.5 Å². The third kappa shape index (κ3) is 3.06. The van der Waals surface area contributed by atoms with E-state index >= 15 is 0 Å². The van der Waals surface area contributed by atoms with Gasteiger partial charge in [-0.25, -0.2) is 4.68 Å². The highest BCUT2D eigenvalue weighted by Gasteiger charge is 2.13. The lowest BCUT2D eigenvalue weighted by Crippen LogP contribution is -1.98. The van der Waals surface area contributed by atoms with Crippen LogP contribution in [-0.4, -0.2) is 30.3 Å². The van der Waals surface area contributed by atoms with Gasteiger partial charge in [-0.05, 0) is 29.5 Å². The number of hydrogen-bond acceptors (Lipinski definition) is 7. The minimum Gasteiger partial charge on any atom is -0.338 e. The number of nitrogens with zero attached hydrogens (tertiary/aromatic N) is 6. The first-order valence-electron chi connectivity index (χ1n) is 6.24. The Labute approximate surface area is 129 Å². The quantitative estimate of drug-likeness (QED) is 0.668. The molecule has 7 nitrogen and oxygen atoms in total. The van der Waals surface area contributed by atoms with Crippen molar-refractivity contribution in [1.82, 2.24) is 30.3 Å². The zero-order valence-electron chi connectivity index (χ0n) is 11.1. The summed E-state index contributed by atoms with van der Waals surface area (Å²) in [5, 5.41) is 16.7. The number of aromatic nitrogens is 6. The van der Waals surface area contributed by atoms with Crippen molar-refractivity contribution in [3.63, 3.8) is 0 Å². The Balaban J connectivity index is 1.73. The fourth-order valence-electron chi connectivity index (χ4n) is 1.69. The zero-order chi connectivity index (χ0) is 14.7. The predicted molar refractivity (Wildman–Crippen MR) is 77.8 cm³/mol. The Morgan fingerprint density at radius 2 is 2.19 bits per heavy atom. The smallest absolute Gasteiger partial charge is 0.237 e. The maximum atomic E-state index is 6.11. The van der Waals surface area contributed by atoms with E-state index in [0.717, 1.165) is 10.7 Å². The Kier molecular flexibility index (Phi) is 4.16. The van der Waals surface area contributed by atoms with Crippen molar-refractivity contribution in [3.8, 4) is 11.4 Å². The molecule has 0 saturated heterocycles. The van der Waals surface area contributed by atoms with Crippen LogP contribution in [0.5, 0.6) is 0 Å². The number of tetrazole rings is 1. The molecule has 0 atom stereocenters. The highest BCUT2D eigenvalue weighted by molar-refractivity contribution is 7.98. The molecule has 108 valence electrons. The van der Waals surface area contributed by atoms with Crippen LogP contribution in [0, 0.1) is 0 Å². The summed E-state index contributed by atoms with van der Waals surface area (Å²) in [7, 11) is 0. The van der Waals surface area contributed by atoms with Gasteiger partial charge in [0.25, 0.3) is 0 Å². The lowest BCUT2D eigenvalue weighted by Gasteiger charge is -1.97. The molecule has 0 spiro atoms. The van der Waals surface area contributed by atoms with Crippen molar-refractivity contribution in [3.05, 3.63) is 35.2 Å². The van der Waals surface area contributed by atoms with Crippen LogP contribution in [0.25, 0.3) is 11.4 Å². The molecule has 21 heavy (non-hydrogen) atoms. The summed E-state index contributed by atoms with van der Waals surface area (Å²) >= 11 is 7.55. The molecule has 0 fully saturated rings. The van der Waals surface area contributed by atoms with E-state index in [4.69, 9.17) is 16.1 Å². The van der Waals surface area contributed by atoms with E-state index in [1.54, 1.807) is 10.7 Å². The number of halogens is 1. The molecule has 0 amide bonds. The summed E-state index contributed by atoms with van der Waals surface area (Å²) in [5.74, 6) is 1.48. The standard InChI is InChI=1S/C12H11ClN6OS/c1-2-19-12(15-17-18-19)21-7-10-14-11(16-20-10)8-5-3-4-6-9(8)13/h3-6H,2,7H2,1H3. The Morgan fingerprint density at radius 3 is 3.00 bits per heavy atom. The summed E-state index contributed by atoms with van der Waals surface area (Å²) in [4.78, 5) is 4.34. The van der Waals surface area contributed by atoms with E-state index in [-0.39, 0.29) is 0 Å². The van der Waals surface area contributed by atoms with Gasteiger partial charge >= 0.3 is 0 Å². The Bertz CT molecular complexity index is 743. The summed E-state index contributed by atoms with van der Waals surface area (Å²) < 4.78 is 6.93. The second-order valence-electron chi connectivity index (χ2n) is 4.06. The zero-order valence-corrected chi connectivity index (χ0v) is 12.7. The fourth-order valence-corrected chi connectivity index (χ4v) is 2.69. The number of benzene rings is 1. The van der Waals surface area contributed by atoms with Crippen molar-refractivity contribution in [2.45, 2.75) is 24.4 Å². The van der Waals surface area contributed by atoms with Crippen LogP contribution in [-0.2, 0) is 12.3 Å². The van der Waals surface area contributed by atoms with Crippen molar-refractivity contribution in [2.24, 2.45) is 0 Å². The second kappa shape index (κ2) is 6.23. The van der Waals surface area contributed by atoms with Crippen LogP contribution in [0.3, 0.4) is 0 Å². The molecule has 0 aliphatic heterocycles. The highest BCUT2D eigenvalue weighted by atomic mass is 35.5. The number of thioether (sulfide) groups is 1. The maximum Gasteiger partial charge on any atom is 0.237 e. The number of aryl methyl sites for hydroxylation is 1. The van der Waals surface area contributed by atoms with Crippen LogP contribution in [0.15, 0.2) is 33.9 Å². The van der Waals surface area contributed by atoms with Gasteiger partial charge in [-0.3, -0.25) is 0 Å². The average molecular weight is 323 g/mol. The van der Waals surface area contributed by atoms with Crippen LogP contribution in [0.2, 0.25) is 5.02 Å². The summed E-state index contributed by atoms with van der Waals surface area (Å²) in [6, 6.07) is 7.37. The van der Waals surface area contributed by atoms with Gasteiger partial charge in [-0.15, -0.1) is 5.10 Å². The molecule has 2 heterocycles. The van der Waals surface area contributed by atoms with Gasteiger partial charge in [-0.1, -0.05) is 40.7 Å². The third-order valence-electron chi connectivity index (χ3n) is 2.71. The average Bonchev–Trinajstić information content (AvgIpc) is 3.14. The van der Waals surface area contributed by atoms with E-state index < -0.39 is 0 Å². The fraction of sp³-hybridized carbons (Fsp3) is 0.250. The number of rotatable bonds is 5. The van der Waals surface area contributed by atoms with Crippen LogP contribution in [0.4, 0.5) is 0 Å². The molecule has 1 aromatic carbocycles. The van der Waals surface area contributed by atoms with Crippen LogP contribution < -0.4 is 0 Å². The SMILES string of the molecule is CCn1nnnc1SCc1nc(-c2ccccc2Cl)no1. The number of hydrogen-bond donors (Lipinski definition) is 0. The highest BCUT2D eigenvalue weighted by Crippen LogP contribution is 2.26. The van der Waals surface area contributed by atoms with E-state index in [1.807, 2.05) is 25.1 Å². The minimum atomic E-state index is 0.478. The molecule has 0 aliphatic carbocycles. The Morgan fingerprint density at radius 1 is 1.33 bits per heavy atom. The van der Waals surface area contributed by atoms with Gasteiger partial charge in [0.15, 0.2) is 0 Å². The molecule has 0 N–H and O–H groups in total. The molecule has 0 saturated carbocycles. The molecule has 3 rings (SSSR count). The molecule has 0 aliphatic rings. The Hall–Kier alpha value is -1.93.